The second-order valence-electron chi connectivity index (χ2n) is 10.3. The second kappa shape index (κ2) is 8.45. The Labute approximate surface area is 199 Å². The molecule has 0 spiro atoms. The van der Waals surface area contributed by atoms with Gasteiger partial charge in [-0.1, -0.05) is 0 Å². The predicted octanol–water partition coefficient (Wildman–Crippen LogP) is 6.84. The molecule has 3 aromatic carbocycles. The molecule has 32 heavy (non-hydrogen) atoms. The first kappa shape index (κ1) is 23.2. The maximum atomic E-state index is 2.65. The van der Waals surface area contributed by atoms with Crippen LogP contribution in [-0.2, 0) is 16.6 Å². The van der Waals surface area contributed by atoms with E-state index in [4.69, 9.17) is 0 Å². The third-order valence-corrected chi connectivity index (χ3v) is 23.1. The SMILES string of the molecule is CC1=C(C)[C]([Si](c2ccccc2)(c2ccccc2)c2ccccc2)([Ti]([CH3])([CH3])[CH3])C(C)=C1C. The Hall–Kier alpha value is -1.93. The molecule has 0 radical (unpaired) electrons. The summed E-state index contributed by atoms with van der Waals surface area (Å²) in [6.45, 7) is 9.65. The molecule has 0 N–H and O–H groups in total. The van der Waals surface area contributed by atoms with Crippen molar-refractivity contribution in [2.45, 2.75) is 46.7 Å². The van der Waals surface area contributed by atoms with Crippen LogP contribution in [0.15, 0.2) is 113 Å². The molecule has 0 saturated carbocycles. The van der Waals surface area contributed by atoms with E-state index in [1.54, 1.807) is 11.1 Å². The Morgan fingerprint density at radius 3 is 1.03 bits per heavy atom. The Balaban J connectivity index is 2.33. The van der Waals surface area contributed by atoms with Gasteiger partial charge in [0.05, 0.1) is 0 Å². The third-order valence-electron chi connectivity index (χ3n) is 8.12. The van der Waals surface area contributed by atoms with Crippen molar-refractivity contribution in [3.8, 4) is 0 Å². The quantitative estimate of drug-likeness (QED) is 0.282. The fourth-order valence-electron chi connectivity index (χ4n) is 6.87. The first-order chi connectivity index (χ1) is 15.2. The zero-order valence-corrected chi connectivity index (χ0v) is 23.2. The van der Waals surface area contributed by atoms with Crippen molar-refractivity contribution in [3.05, 3.63) is 113 Å². The Morgan fingerprint density at radius 2 is 0.781 bits per heavy atom. The van der Waals surface area contributed by atoms with Crippen LogP contribution in [0.5, 0.6) is 0 Å². The van der Waals surface area contributed by atoms with Crippen LogP contribution in [0.4, 0.5) is 0 Å². The minimum absolute atomic E-state index is 0.102. The van der Waals surface area contributed by atoms with Gasteiger partial charge in [-0.25, -0.2) is 0 Å². The van der Waals surface area contributed by atoms with Crippen LogP contribution in [0.25, 0.3) is 0 Å². The molecule has 0 atom stereocenters. The van der Waals surface area contributed by atoms with E-state index in [2.05, 4.69) is 134 Å². The molecule has 3 aromatic rings. The molecular weight excluding hydrogens is 436 g/mol. The van der Waals surface area contributed by atoms with E-state index in [-0.39, 0.29) is 3.34 Å². The van der Waals surface area contributed by atoms with Crippen LogP contribution in [0, 0.1) is 0 Å². The summed E-state index contributed by atoms with van der Waals surface area (Å²) in [5.41, 5.74) is 6.29. The summed E-state index contributed by atoms with van der Waals surface area (Å²) in [4.78, 5) is 0. The Morgan fingerprint density at radius 1 is 0.500 bits per heavy atom. The molecule has 0 amide bonds. The van der Waals surface area contributed by atoms with Crippen molar-refractivity contribution in [2.24, 2.45) is 0 Å². The molecule has 2 heteroatoms. The fourth-order valence-corrected chi connectivity index (χ4v) is 25.3. The first-order valence-corrected chi connectivity index (χ1v) is 19.2. The van der Waals surface area contributed by atoms with Crippen molar-refractivity contribution >= 4 is 23.6 Å². The molecule has 0 bridgehead atoms. The Kier molecular flexibility index (Phi) is 6.14. The molecule has 0 aliphatic heterocycles. The van der Waals surface area contributed by atoms with Gasteiger partial charge in [-0.2, -0.15) is 0 Å². The van der Waals surface area contributed by atoms with Gasteiger partial charge in [-0.3, -0.25) is 0 Å². The van der Waals surface area contributed by atoms with Crippen molar-refractivity contribution in [1.82, 2.24) is 0 Å². The number of rotatable bonds is 5. The Bertz CT molecular complexity index is 1050. The van der Waals surface area contributed by atoms with Crippen molar-refractivity contribution < 1.29 is 16.6 Å². The van der Waals surface area contributed by atoms with Crippen LogP contribution >= 0.6 is 0 Å². The van der Waals surface area contributed by atoms with Crippen molar-refractivity contribution in [2.75, 3.05) is 0 Å². The summed E-state index contributed by atoms with van der Waals surface area (Å²) >= 11 is -2.47. The molecule has 1 aliphatic carbocycles. The van der Waals surface area contributed by atoms with E-state index in [1.165, 1.54) is 26.7 Å². The molecule has 0 nitrogen and oxygen atoms in total. The molecule has 0 unspecified atom stereocenters. The summed E-state index contributed by atoms with van der Waals surface area (Å²) in [6, 6.07) is 34.5. The average molecular weight is 473 g/mol. The zero-order valence-electron chi connectivity index (χ0n) is 20.7. The van der Waals surface area contributed by atoms with Gasteiger partial charge in [0.25, 0.3) is 0 Å². The van der Waals surface area contributed by atoms with Gasteiger partial charge in [0.15, 0.2) is 0 Å². The molecule has 1 aliphatic rings. The van der Waals surface area contributed by atoms with E-state index in [0.717, 1.165) is 0 Å². The predicted molar refractivity (Wildman–Crippen MR) is 141 cm³/mol. The summed E-state index contributed by atoms with van der Waals surface area (Å²) in [6.07, 6.45) is 0. The van der Waals surface area contributed by atoms with Gasteiger partial charge in [-0.05, 0) is 0 Å². The van der Waals surface area contributed by atoms with Crippen LogP contribution in [-0.4, -0.2) is 8.07 Å². The first-order valence-electron chi connectivity index (χ1n) is 11.7. The van der Waals surface area contributed by atoms with E-state index in [9.17, 15) is 0 Å². The second-order valence-corrected chi connectivity index (χ2v) is 23.3. The van der Waals surface area contributed by atoms with Crippen LogP contribution in [0.1, 0.15) is 27.7 Å². The number of hydrogen-bond acceptors (Lipinski definition) is 0. The standard InChI is InChI=1S/C27H27Si.3CH3.Ti/c1-20-21(2)23(4)27(22(20)3)28(24-14-8-5-9-15-24,25-16-10-6-11-17-25)26-18-12-7-13-19-26;;;;/h5-19H,1-4H3;3*1H3;. The summed E-state index contributed by atoms with van der Waals surface area (Å²) in [5.74, 6) is 0. The van der Waals surface area contributed by atoms with Gasteiger partial charge in [-0.15, -0.1) is 0 Å². The third kappa shape index (κ3) is 3.05. The van der Waals surface area contributed by atoms with Gasteiger partial charge < -0.3 is 0 Å². The molecule has 0 saturated heterocycles. The summed E-state index contributed by atoms with van der Waals surface area (Å²) in [7, 11) is -2.52. The molecule has 4 rings (SSSR count). The van der Waals surface area contributed by atoms with Gasteiger partial charge in [0.1, 0.15) is 0 Å². The van der Waals surface area contributed by atoms with Crippen LogP contribution < -0.4 is 15.6 Å². The van der Waals surface area contributed by atoms with Crippen LogP contribution in [0.2, 0.25) is 19.0 Å². The van der Waals surface area contributed by atoms with Gasteiger partial charge in [0.2, 0.25) is 0 Å². The fraction of sp³-hybridized carbons (Fsp3) is 0.267. The summed E-state index contributed by atoms with van der Waals surface area (Å²) < 4.78 is 0.102. The minimum atomic E-state index is -2.52. The number of benzene rings is 3. The maximum absolute atomic E-state index is 2.65. The molecule has 0 aromatic heterocycles. The molecule has 0 fully saturated rings. The average Bonchev–Trinajstić information content (AvgIpc) is 2.98. The van der Waals surface area contributed by atoms with Gasteiger partial charge >= 0.3 is 200 Å². The van der Waals surface area contributed by atoms with E-state index in [0.29, 0.717) is 0 Å². The van der Waals surface area contributed by atoms with Crippen molar-refractivity contribution in [1.29, 1.82) is 0 Å². The monoisotopic (exact) mass is 472 g/mol. The van der Waals surface area contributed by atoms with E-state index in [1.807, 2.05) is 0 Å². The number of allylic oxidation sites excluding steroid dienone is 4. The van der Waals surface area contributed by atoms with E-state index < -0.39 is 24.7 Å². The van der Waals surface area contributed by atoms with E-state index >= 15 is 0 Å². The summed E-state index contributed by atoms with van der Waals surface area (Å²) in [5, 5.41) is 12.5. The number of hydrogen-bond donors (Lipinski definition) is 0. The van der Waals surface area contributed by atoms with Gasteiger partial charge in [0, 0.05) is 0 Å². The van der Waals surface area contributed by atoms with Crippen molar-refractivity contribution in [3.63, 3.8) is 0 Å². The van der Waals surface area contributed by atoms with Crippen LogP contribution in [0.3, 0.4) is 0 Å². The normalized spacial score (nSPS) is 16.6. The molecule has 0 heterocycles. The topological polar surface area (TPSA) is 0 Å². The molecular formula is C30H36SiTi. The zero-order chi connectivity index (χ0) is 23.1. The molecule has 164 valence electrons.